The molecule has 0 aliphatic carbocycles. The third-order valence-corrected chi connectivity index (χ3v) is 2.75. The van der Waals surface area contributed by atoms with Gasteiger partial charge in [-0.25, -0.2) is 13.8 Å². The predicted molar refractivity (Wildman–Crippen MR) is 68.9 cm³/mol. The van der Waals surface area contributed by atoms with E-state index >= 15 is 0 Å². The lowest BCUT2D eigenvalue weighted by atomic mass is 10.1. The van der Waals surface area contributed by atoms with Crippen LogP contribution in [0.25, 0.3) is 11.3 Å². The summed E-state index contributed by atoms with van der Waals surface area (Å²) in [5, 5.41) is 0. The van der Waals surface area contributed by atoms with Gasteiger partial charge in [-0.1, -0.05) is 26.1 Å². The number of hydrogen-bond acceptors (Lipinski definition) is 2. The Labute approximate surface area is 109 Å². The van der Waals surface area contributed by atoms with Gasteiger partial charge in [-0.15, -0.1) is 0 Å². The molecule has 0 amide bonds. The van der Waals surface area contributed by atoms with E-state index in [0.717, 1.165) is 18.0 Å². The van der Waals surface area contributed by atoms with Crippen LogP contribution in [0.1, 0.15) is 25.6 Å². The van der Waals surface area contributed by atoms with E-state index in [1.165, 1.54) is 6.07 Å². The van der Waals surface area contributed by atoms with Crippen LogP contribution >= 0.6 is 12.2 Å². The van der Waals surface area contributed by atoms with Crippen molar-refractivity contribution in [2.24, 2.45) is 0 Å². The fourth-order valence-corrected chi connectivity index (χ4v) is 1.79. The van der Waals surface area contributed by atoms with Gasteiger partial charge in [0.25, 0.3) is 0 Å². The molecule has 2 nitrogen and oxygen atoms in total. The quantitative estimate of drug-likeness (QED) is 0.825. The molecule has 2 rings (SSSR count). The standard InChI is InChI=1S/C13H12F2N2S/c1-7(2)13-16-11(6-12(18)17-13)8-3-4-9(14)10(15)5-8/h3-7H,1-2H3,(H,16,17,18). The van der Waals surface area contributed by atoms with Gasteiger partial charge in [0, 0.05) is 17.2 Å². The lowest BCUT2D eigenvalue weighted by Gasteiger charge is -2.08. The van der Waals surface area contributed by atoms with Gasteiger partial charge in [-0.05, 0) is 24.3 Å². The maximum atomic E-state index is 13.2. The monoisotopic (exact) mass is 266 g/mol. The molecule has 0 spiro atoms. The Kier molecular flexibility index (Phi) is 3.52. The first-order chi connectivity index (χ1) is 8.47. The van der Waals surface area contributed by atoms with Gasteiger partial charge in [0.05, 0.1) is 0 Å². The van der Waals surface area contributed by atoms with E-state index in [2.05, 4.69) is 9.97 Å². The maximum Gasteiger partial charge on any atom is 0.159 e. The van der Waals surface area contributed by atoms with Crippen molar-refractivity contribution in [2.45, 2.75) is 19.8 Å². The van der Waals surface area contributed by atoms with Crippen molar-refractivity contribution in [2.75, 3.05) is 0 Å². The van der Waals surface area contributed by atoms with Crippen molar-refractivity contribution in [1.29, 1.82) is 0 Å². The SMILES string of the molecule is CC(C)c1nc(=S)cc(-c2ccc(F)c(F)c2)[nH]1. The maximum absolute atomic E-state index is 13.2. The number of nitrogens with one attached hydrogen (secondary N) is 1. The lowest BCUT2D eigenvalue weighted by molar-refractivity contribution is 0.509. The average molecular weight is 266 g/mol. The van der Waals surface area contributed by atoms with E-state index in [1.54, 1.807) is 6.07 Å². The van der Waals surface area contributed by atoms with E-state index in [1.807, 2.05) is 13.8 Å². The lowest BCUT2D eigenvalue weighted by Crippen LogP contribution is -1.99. The van der Waals surface area contributed by atoms with Crippen molar-refractivity contribution < 1.29 is 8.78 Å². The number of H-pyrrole nitrogens is 1. The van der Waals surface area contributed by atoms with E-state index in [4.69, 9.17) is 12.2 Å². The summed E-state index contributed by atoms with van der Waals surface area (Å²) < 4.78 is 26.5. The molecule has 0 saturated heterocycles. The fourth-order valence-electron chi connectivity index (χ4n) is 1.57. The Hall–Kier alpha value is -1.62. The minimum absolute atomic E-state index is 0.178. The minimum Gasteiger partial charge on any atom is -0.343 e. The number of nitrogens with zero attached hydrogens (tertiary/aromatic N) is 1. The zero-order valence-electron chi connectivity index (χ0n) is 10.00. The Morgan fingerprint density at radius 3 is 2.50 bits per heavy atom. The third kappa shape index (κ3) is 2.61. The topological polar surface area (TPSA) is 28.7 Å². The van der Waals surface area contributed by atoms with E-state index < -0.39 is 11.6 Å². The summed E-state index contributed by atoms with van der Waals surface area (Å²) in [6.45, 7) is 3.95. The summed E-state index contributed by atoms with van der Waals surface area (Å²) in [6, 6.07) is 5.37. The summed E-state index contributed by atoms with van der Waals surface area (Å²) in [5.74, 6) is -0.843. The van der Waals surface area contributed by atoms with Crippen molar-refractivity contribution in [1.82, 2.24) is 9.97 Å². The Morgan fingerprint density at radius 2 is 1.89 bits per heavy atom. The zero-order valence-corrected chi connectivity index (χ0v) is 10.8. The van der Waals surface area contributed by atoms with Gasteiger partial charge in [0.1, 0.15) is 10.5 Å². The molecular weight excluding hydrogens is 254 g/mol. The van der Waals surface area contributed by atoms with Crippen molar-refractivity contribution in [3.05, 3.63) is 46.4 Å². The molecule has 5 heteroatoms. The molecule has 0 fully saturated rings. The highest BCUT2D eigenvalue weighted by atomic mass is 32.1. The van der Waals surface area contributed by atoms with Gasteiger partial charge in [0.15, 0.2) is 11.6 Å². The van der Waals surface area contributed by atoms with Crippen LogP contribution in [-0.4, -0.2) is 9.97 Å². The summed E-state index contributed by atoms with van der Waals surface area (Å²) in [6.07, 6.45) is 0. The molecule has 0 unspecified atom stereocenters. The zero-order chi connectivity index (χ0) is 13.3. The molecular formula is C13H12F2N2S. The second-order valence-electron chi connectivity index (χ2n) is 4.30. The second kappa shape index (κ2) is 4.94. The molecule has 0 bridgehead atoms. The highest BCUT2D eigenvalue weighted by Gasteiger charge is 2.08. The summed E-state index contributed by atoms with van der Waals surface area (Å²) in [7, 11) is 0. The molecule has 0 radical (unpaired) electrons. The van der Waals surface area contributed by atoms with Crippen LogP contribution in [0.15, 0.2) is 24.3 Å². The van der Waals surface area contributed by atoms with Gasteiger partial charge in [0.2, 0.25) is 0 Å². The molecule has 1 heterocycles. The average Bonchev–Trinajstić information content (AvgIpc) is 2.31. The number of halogens is 2. The number of benzene rings is 1. The highest BCUT2D eigenvalue weighted by molar-refractivity contribution is 7.71. The summed E-state index contributed by atoms with van der Waals surface area (Å²) in [4.78, 5) is 7.27. The Morgan fingerprint density at radius 1 is 1.17 bits per heavy atom. The van der Waals surface area contributed by atoms with Crippen LogP contribution in [-0.2, 0) is 0 Å². The van der Waals surface area contributed by atoms with Crippen molar-refractivity contribution >= 4 is 12.2 Å². The van der Waals surface area contributed by atoms with Crippen LogP contribution in [0.5, 0.6) is 0 Å². The third-order valence-electron chi connectivity index (χ3n) is 2.54. The van der Waals surface area contributed by atoms with Crippen molar-refractivity contribution in [3.8, 4) is 11.3 Å². The van der Waals surface area contributed by atoms with Crippen LogP contribution in [0.2, 0.25) is 0 Å². The highest BCUT2D eigenvalue weighted by Crippen LogP contribution is 2.21. The number of aromatic amines is 1. The summed E-state index contributed by atoms with van der Waals surface area (Å²) >= 11 is 5.07. The minimum atomic E-state index is -0.880. The van der Waals surface area contributed by atoms with E-state index in [-0.39, 0.29) is 5.92 Å². The molecule has 94 valence electrons. The van der Waals surface area contributed by atoms with Crippen LogP contribution in [0.4, 0.5) is 8.78 Å². The first-order valence-electron chi connectivity index (χ1n) is 5.54. The van der Waals surface area contributed by atoms with Gasteiger partial charge >= 0.3 is 0 Å². The first-order valence-corrected chi connectivity index (χ1v) is 5.95. The van der Waals surface area contributed by atoms with E-state index in [0.29, 0.717) is 15.9 Å². The molecule has 18 heavy (non-hydrogen) atoms. The van der Waals surface area contributed by atoms with Gasteiger partial charge in [-0.2, -0.15) is 0 Å². The summed E-state index contributed by atoms with van der Waals surface area (Å²) in [5.41, 5.74) is 1.18. The molecule has 1 aromatic carbocycles. The van der Waals surface area contributed by atoms with E-state index in [9.17, 15) is 8.78 Å². The fraction of sp³-hybridized carbons (Fsp3) is 0.231. The normalized spacial score (nSPS) is 10.9. The largest absolute Gasteiger partial charge is 0.343 e. The first kappa shape index (κ1) is 12.8. The predicted octanol–water partition coefficient (Wildman–Crippen LogP) is 4.21. The second-order valence-corrected chi connectivity index (χ2v) is 4.72. The van der Waals surface area contributed by atoms with Crippen molar-refractivity contribution in [3.63, 3.8) is 0 Å². The Balaban J connectivity index is 2.56. The van der Waals surface area contributed by atoms with Crippen LogP contribution in [0, 0.1) is 16.3 Å². The number of hydrogen-bond donors (Lipinski definition) is 1. The number of rotatable bonds is 2. The number of aromatic nitrogens is 2. The van der Waals surface area contributed by atoms with Crippen LogP contribution in [0.3, 0.4) is 0 Å². The van der Waals surface area contributed by atoms with Gasteiger partial charge in [-0.3, -0.25) is 0 Å². The molecule has 1 aromatic heterocycles. The molecule has 0 saturated carbocycles. The Bertz CT molecular complexity index is 635. The van der Waals surface area contributed by atoms with Gasteiger partial charge < -0.3 is 4.98 Å². The van der Waals surface area contributed by atoms with Crippen LogP contribution < -0.4 is 0 Å². The molecule has 1 N–H and O–H groups in total. The molecule has 0 aliphatic heterocycles. The smallest absolute Gasteiger partial charge is 0.159 e. The molecule has 2 aromatic rings. The molecule has 0 atom stereocenters. The molecule has 0 aliphatic rings.